The van der Waals surface area contributed by atoms with E-state index in [1.54, 1.807) is 13.8 Å². The number of nitrogens with one attached hydrogen (secondary N) is 2. The van der Waals surface area contributed by atoms with Crippen molar-refractivity contribution < 1.29 is 19.1 Å². The third kappa shape index (κ3) is 3.77. The third-order valence-corrected chi connectivity index (χ3v) is 2.80. The van der Waals surface area contributed by atoms with Gasteiger partial charge in [0.1, 0.15) is 0 Å². The molecule has 0 saturated heterocycles. The number of ether oxygens (including phenoxy) is 2. The van der Waals surface area contributed by atoms with E-state index in [-0.39, 0.29) is 22.4 Å². The molecule has 0 heterocycles. The number of hydrogen-bond donors (Lipinski definition) is 2. The van der Waals surface area contributed by atoms with Gasteiger partial charge in [-0.25, -0.2) is 0 Å². The van der Waals surface area contributed by atoms with Gasteiger partial charge in [-0.05, 0) is 12.1 Å². The van der Waals surface area contributed by atoms with Crippen molar-refractivity contribution in [3.63, 3.8) is 0 Å². The Kier molecular flexibility index (Phi) is 5.64. The monoisotopic (exact) mass is 300 g/mol. The maximum atomic E-state index is 11.9. The third-order valence-electron chi connectivity index (χ3n) is 2.52. The predicted octanol–water partition coefficient (Wildman–Crippen LogP) is 1.77. The van der Waals surface area contributed by atoms with Crippen LogP contribution in [0.25, 0.3) is 0 Å². The summed E-state index contributed by atoms with van der Waals surface area (Å²) in [6.45, 7) is 3.43. The molecule has 2 amide bonds. The molecule has 0 aromatic heterocycles. The molecule has 0 aliphatic rings. The van der Waals surface area contributed by atoms with E-state index in [0.29, 0.717) is 11.5 Å². The Bertz CT molecular complexity index is 517. The minimum atomic E-state index is -0.498. The van der Waals surface area contributed by atoms with Crippen molar-refractivity contribution in [2.75, 3.05) is 14.2 Å². The molecule has 1 rings (SSSR count). The molecule has 6 nitrogen and oxygen atoms in total. The molecule has 0 bridgehead atoms. The Morgan fingerprint density at radius 2 is 1.80 bits per heavy atom. The van der Waals surface area contributed by atoms with Gasteiger partial charge >= 0.3 is 0 Å². The summed E-state index contributed by atoms with van der Waals surface area (Å²) in [5, 5.41) is 0.243. The van der Waals surface area contributed by atoms with Crippen LogP contribution >= 0.6 is 11.6 Å². The summed E-state index contributed by atoms with van der Waals surface area (Å²) < 4.78 is 10.2. The molecule has 0 aliphatic carbocycles. The van der Waals surface area contributed by atoms with Gasteiger partial charge in [0.25, 0.3) is 5.91 Å². The van der Waals surface area contributed by atoms with Crippen LogP contribution in [0.15, 0.2) is 12.1 Å². The average Bonchev–Trinajstić information content (AvgIpc) is 2.42. The van der Waals surface area contributed by atoms with Crippen LogP contribution in [0.5, 0.6) is 11.5 Å². The zero-order valence-electron chi connectivity index (χ0n) is 11.7. The van der Waals surface area contributed by atoms with E-state index < -0.39 is 5.91 Å². The number of hydrogen-bond acceptors (Lipinski definition) is 4. The molecule has 0 spiro atoms. The van der Waals surface area contributed by atoms with Gasteiger partial charge in [-0.3, -0.25) is 20.4 Å². The molecule has 0 unspecified atom stereocenters. The van der Waals surface area contributed by atoms with Crippen molar-refractivity contribution in [2.45, 2.75) is 13.8 Å². The Morgan fingerprint density at radius 3 is 2.30 bits per heavy atom. The summed E-state index contributed by atoms with van der Waals surface area (Å²) in [6.07, 6.45) is 0. The maximum absolute atomic E-state index is 11.9. The summed E-state index contributed by atoms with van der Waals surface area (Å²) in [7, 11) is 2.89. The maximum Gasteiger partial charge on any atom is 0.269 e. The first kappa shape index (κ1) is 16.1. The first-order valence-electron chi connectivity index (χ1n) is 5.92. The molecule has 110 valence electrons. The van der Waals surface area contributed by atoms with Gasteiger partial charge < -0.3 is 9.47 Å². The molecule has 0 radical (unpaired) electrons. The van der Waals surface area contributed by atoms with Crippen LogP contribution in [0.1, 0.15) is 24.2 Å². The van der Waals surface area contributed by atoms with Crippen molar-refractivity contribution in [2.24, 2.45) is 5.92 Å². The van der Waals surface area contributed by atoms with Crippen molar-refractivity contribution in [1.29, 1.82) is 0 Å². The lowest BCUT2D eigenvalue weighted by Crippen LogP contribution is -2.43. The standard InChI is InChI=1S/C13H17ClN2O4/c1-7(2)12(17)15-16-13(18)8-5-9(14)11(20-4)10(6-8)19-3/h5-7H,1-4H3,(H,15,17)(H,16,18). The second-order valence-corrected chi connectivity index (χ2v) is 4.70. The van der Waals surface area contributed by atoms with E-state index in [1.807, 2.05) is 0 Å². The zero-order chi connectivity index (χ0) is 15.3. The Hall–Kier alpha value is -1.95. The molecule has 0 saturated carbocycles. The lowest BCUT2D eigenvalue weighted by molar-refractivity contribution is -0.124. The fraction of sp³-hybridized carbons (Fsp3) is 0.385. The SMILES string of the molecule is COc1cc(C(=O)NNC(=O)C(C)C)cc(Cl)c1OC. The fourth-order valence-corrected chi connectivity index (χ4v) is 1.67. The van der Waals surface area contributed by atoms with Crippen LogP contribution < -0.4 is 20.3 Å². The number of amides is 2. The first-order chi connectivity index (χ1) is 9.40. The topological polar surface area (TPSA) is 76.7 Å². The summed E-state index contributed by atoms with van der Waals surface area (Å²) in [4.78, 5) is 23.3. The minimum absolute atomic E-state index is 0.232. The Balaban J connectivity index is 2.89. The highest BCUT2D eigenvalue weighted by Crippen LogP contribution is 2.35. The highest BCUT2D eigenvalue weighted by atomic mass is 35.5. The number of rotatable bonds is 4. The minimum Gasteiger partial charge on any atom is -0.493 e. The molecule has 1 aromatic carbocycles. The first-order valence-corrected chi connectivity index (χ1v) is 6.30. The van der Waals surface area contributed by atoms with Gasteiger partial charge in [-0.1, -0.05) is 25.4 Å². The average molecular weight is 301 g/mol. The molecule has 20 heavy (non-hydrogen) atoms. The molecule has 0 aliphatic heterocycles. The number of halogens is 1. The van der Waals surface area contributed by atoms with Gasteiger partial charge in [-0.15, -0.1) is 0 Å². The quantitative estimate of drug-likeness (QED) is 0.831. The second kappa shape index (κ2) is 7.00. The van der Waals surface area contributed by atoms with Crippen molar-refractivity contribution in [1.82, 2.24) is 10.9 Å². The number of methoxy groups -OCH3 is 2. The smallest absolute Gasteiger partial charge is 0.269 e. The number of hydrazine groups is 1. The number of carbonyl (C=O) groups excluding carboxylic acids is 2. The van der Waals surface area contributed by atoms with E-state index >= 15 is 0 Å². The zero-order valence-corrected chi connectivity index (χ0v) is 12.5. The summed E-state index contributed by atoms with van der Waals surface area (Å²) in [5.74, 6) is -0.340. The van der Waals surface area contributed by atoms with Gasteiger partial charge in [0, 0.05) is 11.5 Å². The number of benzene rings is 1. The van der Waals surface area contributed by atoms with E-state index in [1.165, 1.54) is 26.4 Å². The summed E-state index contributed by atoms with van der Waals surface area (Å²) in [6, 6.07) is 2.90. The molecule has 1 aromatic rings. The van der Waals surface area contributed by atoms with Gasteiger partial charge in [0.05, 0.1) is 19.2 Å². The van der Waals surface area contributed by atoms with E-state index in [9.17, 15) is 9.59 Å². The molecular weight excluding hydrogens is 284 g/mol. The molecule has 0 atom stereocenters. The van der Waals surface area contributed by atoms with Crippen LogP contribution in [0.3, 0.4) is 0 Å². The van der Waals surface area contributed by atoms with Crippen LogP contribution in [-0.2, 0) is 4.79 Å². The van der Waals surface area contributed by atoms with Gasteiger partial charge in [-0.2, -0.15) is 0 Å². The Morgan fingerprint density at radius 1 is 1.15 bits per heavy atom. The highest BCUT2D eigenvalue weighted by molar-refractivity contribution is 6.32. The number of carbonyl (C=O) groups is 2. The second-order valence-electron chi connectivity index (χ2n) is 4.29. The lowest BCUT2D eigenvalue weighted by Gasteiger charge is -2.13. The predicted molar refractivity (Wildman–Crippen MR) is 75.0 cm³/mol. The molecule has 0 fully saturated rings. The lowest BCUT2D eigenvalue weighted by atomic mass is 10.2. The van der Waals surface area contributed by atoms with Gasteiger partial charge in [0.15, 0.2) is 11.5 Å². The Labute approximate surface area is 122 Å². The van der Waals surface area contributed by atoms with Crippen LogP contribution in [0.2, 0.25) is 5.02 Å². The van der Waals surface area contributed by atoms with Crippen LogP contribution in [0.4, 0.5) is 0 Å². The highest BCUT2D eigenvalue weighted by Gasteiger charge is 2.16. The normalized spacial score (nSPS) is 10.1. The van der Waals surface area contributed by atoms with Gasteiger partial charge in [0.2, 0.25) is 5.91 Å². The van der Waals surface area contributed by atoms with Crippen LogP contribution in [-0.4, -0.2) is 26.0 Å². The summed E-state index contributed by atoms with van der Waals surface area (Å²) >= 11 is 6.00. The van der Waals surface area contributed by atoms with Crippen molar-refractivity contribution in [3.05, 3.63) is 22.7 Å². The van der Waals surface area contributed by atoms with E-state index in [2.05, 4.69) is 10.9 Å². The van der Waals surface area contributed by atoms with E-state index in [0.717, 1.165) is 0 Å². The summed E-state index contributed by atoms with van der Waals surface area (Å²) in [5.41, 5.74) is 4.86. The van der Waals surface area contributed by atoms with Crippen molar-refractivity contribution in [3.8, 4) is 11.5 Å². The van der Waals surface area contributed by atoms with E-state index in [4.69, 9.17) is 21.1 Å². The molecular formula is C13H17ClN2O4. The van der Waals surface area contributed by atoms with Crippen LogP contribution in [0, 0.1) is 5.92 Å². The van der Waals surface area contributed by atoms with Crippen molar-refractivity contribution >= 4 is 23.4 Å². The largest absolute Gasteiger partial charge is 0.493 e. The fourth-order valence-electron chi connectivity index (χ4n) is 1.38. The molecule has 2 N–H and O–H groups in total. The molecule has 7 heteroatoms.